The Hall–Kier alpha value is -0.740. The highest BCUT2D eigenvalue weighted by molar-refractivity contribution is 9.09. The molecule has 1 aromatic carbocycles. The number of hydrogen-bond acceptors (Lipinski definition) is 2. The summed E-state index contributed by atoms with van der Waals surface area (Å²) in [5.74, 6) is 0.228. The lowest BCUT2D eigenvalue weighted by molar-refractivity contribution is 0.0941. The predicted molar refractivity (Wildman–Crippen MR) is 80.1 cm³/mol. The van der Waals surface area contributed by atoms with Crippen LogP contribution >= 0.6 is 27.5 Å². The first-order valence-electron chi connectivity index (χ1n) is 6.47. The molecule has 2 rings (SSSR count). The zero-order valence-corrected chi connectivity index (χ0v) is 12.9. The van der Waals surface area contributed by atoms with Crippen molar-refractivity contribution in [1.29, 1.82) is 0 Å². The lowest BCUT2D eigenvalue weighted by atomic mass is 9.89. The number of phenols is 1. The van der Waals surface area contributed by atoms with Gasteiger partial charge in [-0.2, -0.15) is 0 Å². The van der Waals surface area contributed by atoms with Crippen molar-refractivity contribution in [3.05, 3.63) is 28.8 Å². The minimum absolute atomic E-state index is 0.0360. The number of aromatic hydroxyl groups is 1. The summed E-state index contributed by atoms with van der Waals surface area (Å²) < 4.78 is 0. The van der Waals surface area contributed by atoms with Crippen LogP contribution in [0.4, 0.5) is 0 Å². The topological polar surface area (TPSA) is 49.3 Å². The molecule has 1 fully saturated rings. The summed E-state index contributed by atoms with van der Waals surface area (Å²) in [6.45, 7) is 0.657. The zero-order valence-electron chi connectivity index (χ0n) is 10.5. The number of alkyl halides is 1. The van der Waals surface area contributed by atoms with E-state index in [-0.39, 0.29) is 17.2 Å². The Kier molecular flexibility index (Phi) is 5.11. The Morgan fingerprint density at radius 3 is 2.74 bits per heavy atom. The maximum atomic E-state index is 12.0. The van der Waals surface area contributed by atoms with Crippen LogP contribution in [0.15, 0.2) is 18.2 Å². The Morgan fingerprint density at radius 1 is 1.37 bits per heavy atom. The van der Waals surface area contributed by atoms with Gasteiger partial charge in [-0.3, -0.25) is 4.79 Å². The van der Waals surface area contributed by atoms with Crippen molar-refractivity contribution in [1.82, 2.24) is 5.32 Å². The van der Waals surface area contributed by atoms with Crippen LogP contribution in [0.2, 0.25) is 5.02 Å². The number of amides is 1. The first kappa shape index (κ1) is 14.7. The van der Waals surface area contributed by atoms with Gasteiger partial charge in [-0.15, -0.1) is 0 Å². The van der Waals surface area contributed by atoms with Crippen LogP contribution in [-0.2, 0) is 0 Å². The van der Waals surface area contributed by atoms with Gasteiger partial charge in [-0.1, -0.05) is 27.5 Å². The Balaban J connectivity index is 1.89. The van der Waals surface area contributed by atoms with Gasteiger partial charge in [-0.25, -0.2) is 0 Å². The van der Waals surface area contributed by atoms with E-state index in [1.54, 1.807) is 6.07 Å². The molecular weight excluding hydrogens is 330 g/mol. The van der Waals surface area contributed by atoms with Gasteiger partial charge in [0.05, 0.1) is 5.56 Å². The number of carbonyl (C=O) groups excluding carboxylic acids is 1. The summed E-state index contributed by atoms with van der Waals surface area (Å²) in [5.41, 5.74) is 0.238. The average Bonchev–Trinajstić information content (AvgIpc) is 2.40. The molecule has 1 aliphatic rings. The fourth-order valence-corrected chi connectivity index (χ4v) is 3.05. The standard InChI is InChI=1S/C14H17BrClNO2/c15-10-3-1-9(2-4-10)8-17-14(19)12-7-11(16)5-6-13(12)18/h5-7,9-10,18H,1-4,8H2,(H,17,19). The van der Waals surface area contributed by atoms with Gasteiger partial charge in [0, 0.05) is 16.4 Å². The Labute approximate surface area is 126 Å². The molecule has 0 unspecified atom stereocenters. The molecule has 0 aromatic heterocycles. The largest absolute Gasteiger partial charge is 0.507 e. The van der Waals surface area contributed by atoms with E-state index in [0.29, 0.717) is 22.3 Å². The molecule has 0 bridgehead atoms. The third kappa shape index (κ3) is 4.11. The van der Waals surface area contributed by atoms with Crippen LogP contribution in [-0.4, -0.2) is 22.4 Å². The van der Waals surface area contributed by atoms with Crippen LogP contribution in [0.25, 0.3) is 0 Å². The quantitative estimate of drug-likeness (QED) is 0.819. The molecule has 1 saturated carbocycles. The number of phenolic OH excluding ortho intramolecular Hbond substituents is 1. The molecule has 3 nitrogen and oxygen atoms in total. The molecule has 104 valence electrons. The first-order valence-corrected chi connectivity index (χ1v) is 7.76. The van der Waals surface area contributed by atoms with E-state index in [1.165, 1.54) is 12.1 Å². The number of rotatable bonds is 3. The number of carbonyl (C=O) groups is 1. The fourth-order valence-electron chi connectivity index (χ4n) is 2.35. The highest BCUT2D eigenvalue weighted by Crippen LogP contribution is 2.28. The van der Waals surface area contributed by atoms with E-state index in [4.69, 9.17) is 11.6 Å². The summed E-state index contributed by atoms with van der Waals surface area (Å²) in [7, 11) is 0. The lowest BCUT2D eigenvalue weighted by Crippen LogP contribution is -2.31. The minimum Gasteiger partial charge on any atom is -0.507 e. The molecule has 0 atom stereocenters. The van der Waals surface area contributed by atoms with E-state index in [0.717, 1.165) is 25.7 Å². The van der Waals surface area contributed by atoms with Crippen molar-refractivity contribution >= 4 is 33.4 Å². The summed E-state index contributed by atoms with van der Waals surface area (Å²) in [5, 5.41) is 13.0. The SMILES string of the molecule is O=C(NCC1CCC(Br)CC1)c1cc(Cl)ccc1O. The number of halogens is 2. The maximum Gasteiger partial charge on any atom is 0.255 e. The van der Waals surface area contributed by atoms with E-state index >= 15 is 0 Å². The normalized spacial score (nSPS) is 23.1. The van der Waals surface area contributed by atoms with E-state index in [2.05, 4.69) is 21.2 Å². The highest BCUT2D eigenvalue weighted by atomic mass is 79.9. The van der Waals surface area contributed by atoms with Crippen LogP contribution in [0.3, 0.4) is 0 Å². The summed E-state index contributed by atoms with van der Waals surface area (Å²) in [4.78, 5) is 12.6. The monoisotopic (exact) mass is 345 g/mol. The van der Waals surface area contributed by atoms with Crippen molar-refractivity contribution in [3.8, 4) is 5.75 Å². The fraction of sp³-hybridized carbons (Fsp3) is 0.500. The van der Waals surface area contributed by atoms with Crippen molar-refractivity contribution < 1.29 is 9.90 Å². The van der Waals surface area contributed by atoms with Crippen molar-refractivity contribution in [3.63, 3.8) is 0 Å². The predicted octanol–water partition coefficient (Wildman–Crippen LogP) is 3.73. The minimum atomic E-state index is -0.263. The molecule has 0 radical (unpaired) electrons. The summed E-state index contributed by atoms with van der Waals surface area (Å²) in [6.07, 6.45) is 4.56. The van der Waals surface area contributed by atoms with Crippen LogP contribution < -0.4 is 5.32 Å². The van der Waals surface area contributed by atoms with Crippen molar-refractivity contribution in [2.75, 3.05) is 6.54 Å². The van der Waals surface area contributed by atoms with Gasteiger partial charge in [0.25, 0.3) is 5.91 Å². The molecule has 0 saturated heterocycles. The van der Waals surface area contributed by atoms with Gasteiger partial charge in [-0.05, 0) is 49.8 Å². The molecule has 19 heavy (non-hydrogen) atoms. The van der Waals surface area contributed by atoms with E-state index in [9.17, 15) is 9.90 Å². The first-order chi connectivity index (χ1) is 9.06. The van der Waals surface area contributed by atoms with Crippen LogP contribution in [0, 0.1) is 5.92 Å². The lowest BCUT2D eigenvalue weighted by Gasteiger charge is -2.25. The van der Waals surface area contributed by atoms with Gasteiger partial charge in [0.15, 0.2) is 0 Å². The summed E-state index contributed by atoms with van der Waals surface area (Å²) in [6, 6.07) is 4.49. The number of nitrogens with one attached hydrogen (secondary N) is 1. The van der Waals surface area contributed by atoms with Gasteiger partial charge in [0.2, 0.25) is 0 Å². The second-order valence-corrected chi connectivity index (χ2v) is 6.72. The molecule has 0 aliphatic heterocycles. The average molecular weight is 347 g/mol. The van der Waals surface area contributed by atoms with E-state index in [1.807, 2.05) is 0 Å². The Morgan fingerprint density at radius 2 is 2.05 bits per heavy atom. The third-order valence-electron chi connectivity index (χ3n) is 3.53. The van der Waals surface area contributed by atoms with Gasteiger partial charge in [0.1, 0.15) is 5.75 Å². The molecule has 1 aromatic rings. The zero-order chi connectivity index (χ0) is 13.8. The third-order valence-corrected chi connectivity index (χ3v) is 4.68. The van der Waals surface area contributed by atoms with Crippen LogP contribution in [0.5, 0.6) is 5.75 Å². The van der Waals surface area contributed by atoms with Crippen molar-refractivity contribution in [2.45, 2.75) is 30.5 Å². The molecule has 0 spiro atoms. The number of benzene rings is 1. The molecule has 5 heteroatoms. The second kappa shape index (κ2) is 6.62. The molecular formula is C14H17BrClNO2. The molecule has 2 N–H and O–H groups in total. The smallest absolute Gasteiger partial charge is 0.255 e. The Bertz CT molecular complexity index is 459. The van der Waals surface area contributed by atoms with Gasteiger partial charge < -0.3 is 10.4 Å². The molecule has 1 aliphatic carbocycles. The van der Waals surface area contributed by atoms with Gasteiger partial charge >= 0.3 is 0 Å². The molecule has 0 heterocycles. The number of hydrogen-bond donors (Lipinski definition) is 2. The highest BCUT2D eigenvalue weighted by Gasteiger charge is 2.20. The van der Waals surface area contributed by atoms with Crippen LogP contribution in [0.1, 0.15) is 36.0 Å². The second-order valence-electron chi connectivity index (χ2n) is 4.99. The van der Waals surface area contributed by atoms with E-state index < -0.39 is 0 Å². The van der Waals surface area contributed by atoms with Crippen molar-refractivity contribution in [2.24, 2.45) is 5.92 Å². The maximum absolute atomic E-state index is 12.0. The summed E-state index contributed by atoms with van der Waals surface area (Å²) >= 11 is 9.44. The molecule has 1 amide bonds.